The highest BCUT2D eigenvalue weighted by molar-refractivity contribution is 8.18. The molecule has 0 spiro atoms. The summed E-state index contributed by atoms with van der Waals surface area (Å²) >= 11 is 5.85. The van der Waals surface area contributed by atoms with E-state index < -0.39 is 5.41 Å². The predicted molar refractivity (Wildman–Crippen MR) is 150 cm³/mol. The number of aldehydes is 1. The van der Waals surface area contributed by atoms with Crippen LogP contribution in [-0.2, 0) is 9.59 Å². The van der Waals surface area contributed by atoms with E-state index in [1.165, 1.54) is 116 Å². The molecule has 0 saturated heterocycles. The van der Waals surface area contributed by atoms with Crippen LogP contribution >= 0.6 is 24.4 Å². The predicted octanol–water partition coefficient (Wildman–Crippen LogP) is 10.2. The monoisotopic (exact) mass is 496 g/mol. The summed E-state index contributed by atoms with van der Waals surface area (Å²) in [7, 11) is 0. The van der Waals surface area contributed by atoms with Crippen molar-refractivity contribution in [2.24, 2.45) is 5.41 Å². The lowest BCUT2D eigenvalue weighted by Crippen LogP contribution is -2.26. The van der Waals surface area contributed by atoms with E-state index in [9.17, 15) is 9.59 Å². The zero-order valence-corrected chi connectivity index (χ0v) is 23.5. The molecule has 0 unspecified atom stereocenters. The van der Waals surface area contributed by atoms with Crippen LogP contribution in [0.25, 0.3) is 0 Å². The molecule has 0 bridgehead atoms. The quantitative estimate of drug-likeness (QED) is 0.0867. The summed E-state index contributed by atoms with van der Waals surface area (Å²) in [4.78, 5) is 25.7. The highest BCUT2D eigenvalue weighted by Gasteiger charge is 2.46. The average Bonchev–Trinajstić information content (AvgIpc) is 3.06. The lowest BCUT2D eigenvalue weighted by Gasteiger charge is -2.28. The second-order valence-electron chi connectivity index (χ2n) is 10.2. The number of unbranched alkanes of at least 4 members (excludes halogenated alkanes) is 18. The molecule has 0 radical (unpaired) electrons. The molecule has 4 heteroatoms. The maximum absolute atomic E-state index is 13.0. The molecule has 0 atom stereocenters. The molecular weight excluding hydrogens is 444 g/mol. The Hall–Kier alpha value is -0.220. The third kappa shape index (κ3) is 12.3. The summed E-state index contributed by atoms with van der Waals surface area (Å²) in [6, 6.07) is 0. The molecule has 0 saturated carbocycles. The van der Waals surface area contributed by atoms with Crippen molar-refractivity contribution in [3.05, 3.63) is 9.81 Å². The molecule has 0 N–H and O–H groups in total. The van der Waals surface area contributed by atoms with E-state index >= 15 is 0 Å². The van der Waals surface area contributed by atoms with Gasteiger partial charge >= 0.3 is 0 Å². The van der Waals surface area contributed by atoms with Crippen LogP contribution in [0.3, 0.4) is 0 Å². The van der Waals surface area contributed by atoms with Gasteiger partial charge in [0.05, 0.1) is 10.3 Å². The minimum atomic E-state index is -0.496. The molecule has 1 heterocycles. The van der Waals surface area contributed by atoms with Crippen LogP contribution in [-0.4, -0.2) is 11.4 Å². The molecule has 0 aromatic carbocycles. The van der Waals surface area contributed by atoms with Crippen LogP contribution in [0.5, 0.6) is 0 Å². The number of carbonyl (C=O) groups excluding carboxylic acids is 2. The van der Waals surface area contributed by atoms with Crippen molar-refractivity contribution in [2.45, 2.75) is 155 Å². The Kier molecular flexibility index (Phi) is 18.7. The Morgan fingerprint density at radius 1 is 0.636 bits per heavy atom. The molecule has 0 aromatic rings. The maximum atomic E-state index is 13.0. The largest absolute Gasteiger partial charge is 0.297 e. The first kappa shape index (κ1) is 30.8. The summed E-state index contributed by atoms with van der Waals surface area (Å²) < 4.78 is 0. The number of allylic oxidation sites excluding steroid dienone is 2. The van der Waals surface area contributed by atoms with Gasteiger partial charge in [-0.2, -0.15) is 0 Å². The van der Waals surface area contributed by atoms with Crippen molar-refractivity contribution >= 4 is 35.8 Å². The molecular formula is C29H52O2S2. The smallest absolute Gasteiger partial charge is 0.204 e. The Morgan fingerprint density at radius 2 is 0.970 bits per heavy atom. The standard InChI is InChI=1S/C29H52O2S2/c1-3-5-7-9-11-13-15-17-19-21-23-29(27(32)26(25-30)33-28(29)31)24-22-20-18-16-14-12-10-8-6-4-2/h25,32H,3-24H2,1-2H3. The maximum Gasteiger partial charge on any atom is 0.204 e. The third-order valence-corrected chi connectivity index (χ3v) is 9.22. The minimum Gasteiger partial charge on any atom is -0.297 e. The zero-order chi connectivity index (χ0) is 24.2. The number of thioether (sulfide) groups is 1. The Labute approximate surface area is 215 Å². The Morgan fingerprint density at radius 3 is 1.27 bits per heavy atom. The highest BCUT2D eigenvalue weighted by Crippen LogP contribution is 2.53. The van der Waals surface area contributed by atoms with Crippen LogP contribution in [0, 0.1) is 5.41 Å². The van der Waals surface area contributed by atoms with E-state index in [-0.39, 0.29) is 5.12 Å². The van der Waals surface area contributed by atoms with Crippen molar-refractivity contribution in [1.82, 2.24) is 0 Å². The van der Waals surface area contributed by atoms with Crippen LogP contribution in [0.15, 0.2) is 9.81 Å². The van der Waals surface area contributed by atoms with Crippen LogP contribution in [0.1, 0.15) is 155 Å². The van der Waals surface area contributed by atoms with E-state index in [0.717, 1.165) is 48.6 Å². The van der Waals surface area contributed by atoms with E-state index in [1.807, 2.05) is 0 Å². The number of rotatable bonds is 23. The fraction of sp³-hybridized carbons (Fsp3) is 0.862. The van der Waals surface area contributed by atoms with Gasteiger partial charge < -0.3 is 0 Å². The molecule has 0 fully saturated rings. The third-order valence-electron chi connectivity index (χ3n) is 7.30. The molecule has 1 rings (SSSR count). The van der Waals surface area contributed by atoms with Gasteiger partial charge in [0, 0.05) is 4.91 Å². The van der Waals surface area contributed by atoms with Gasteiger partial charge in [0.15, 0.2) is 6.29 Å². The van der Waals surface area contributed by atoms with Gasteiger partial charge in [-0.3, -0.25) is 9.59 Å². The first-order valence-corrected chi connectivity index (χ1v) is 15.5. The summed E-state index contributed by atoms with van der Waals surface area (Å²) in [5.74, 6) is 0. The second-order valence-corrected chi connectivity index (χ2v) is 11.6. The number of carbonyl (C=O) groups is 2. The average molecular weight is 497 g/mol. The van der Waals surface area contributed by atoms with E-state index in [4.69, 9.17) is 12.6 Å². The zero-order valence-electron chi connectivity index (χ0n) is 21.8. The molecule has 2 nitrogen and oxygen atoms in total. The number of thiol groups is 1. The van der Waals surface area contributed by atoms with Crippen molar-refractivity contribution in [2.75, 3.05) is 0 Å². The molecule has 0 aliphatic carbocycles. The SMILES string of the molecule is CCCCCCCCCCCCC1(CCCCCCCCCCCC)C(=O)SC(C=O)=C1S. The van der Waals surface area contributed by atoms with Gasteiger partial charge in [-0.25, -0.2) is 0 Å². The van der Waals surface area contributed by atoms with E-state index in [2.05, 4.69) is 13.8 Å². The summed E-state index contributed by atoms with van der Waals surface area (Å²) in [5, 5.41) is 0.168. The fourth-order valence-corrected chi connectivity index (χ4v) is 6.68. The fourth-order valence-electron chi connectivity index (χ4n) is 5.05. The van der Waals surface area contributed by atoms with Crippen LogP contribution in [0.2, 0.25) is 0 Å². The lowest BCUT2D eigenvalue weighted by molar-refractivity contribution is -0.118. The van der Waals surface area contributed by atoms with Gasteiger partial charge in [0.25, 0.3) is 0 Å². The van der Waals surface area contributed by atoms with Gasteiger partial charge in [-0.05, 0) is 24.6 Å². The summed E-state index contributed by atoms with van der Waals surface area (Å²) in [5.41, 5.74) is -0.496. The molecule has 192 valence electrons. The highest BCUT2D eigenvalue weighted by atomic mass is 32.2. The molecule has 33 heavy (non-hydrogen) atoms. The molecule has 1 aliphatic rings. The van der Waals surface area contributed by atoms with Gasteiger partial charge in [0.2, 0.25) is 5.12 Å². The first-order chi connectivity index (χ1) is 16.1. The van der Waals surface area contributed by atoms with Gasteiger partial charge in [-0.1, -0.05) is 142 Å². The van der Waals surface area contributed by atoms with Crippen LogP contribution < -0.4 is 0 Å². The molecule has 1 aliphatic heterocycles. The normalized spacial score (nSPS) is 15.5. The minimum absolute atomic E-state index is 0.168. The number of hydrogen-bond donors (Lipinski definition) is 1. The first-order valence-electron chi connectivity index (χ1n) is 14.2. The Balaban J connectivity index is 2.32. The topological polar surface area (TPSA) is 34.1 Å². The van der Waals surface area contributed by atoms with Gasteiger partial charge in [-0.15, -0.1) is 12.6 Å². The van der Waals surface area contributed by atoms with Crippen molar-refractivity contribution in [3.63, 3.8) is 0 Å². The summed E-state index contributed by atoms with van der Waals surface area (Å²) in [6.45, 7) is 4.53. The van der Waals surface area contributed by atoms with Crippen molar-refractivity contribution in [1.29, 1.82) is 0 Å². The lowest BCUT2D eigenvalue weighted by atomic mass is 9.78. The van der Waals surface area contributed by atoms with E-state index in [1.54, 1.807) is 0 Å². The summed E-state index contributed by atoms with van der Waals surface area (Å²) in [6.07, 6.45) is 28.5. The molecule has 0 amide bonds. The Bertz CT molecular complexity index is 532. The van der Waals surface area contributed by atoms with Crippen molar-refractivity contribution in [3.8, 4) is 0 Å². The second kappa shape index (κ2) is 20.0. The van der Waals surface area contributed by atoms with Crippen LogP contribution in [0.4, 0.5) is 0 Å². The number of hydrogen-bond acceptors (Lipinski definition) is 4. The van der Waals surface area contributed by atoms with Crippen molar-refractivity contribution < 1.29 is 9.59 Å². The van der Waals surface area contributed by atoms with Gasteiger partial charge in [0.1, 0.15) is 0 Å². The molecule has 0 aromatic heterocycles. The van der Waals surface area contributed by atoms with E-state index in [0.29, 0.717) is 4.91 Å².